The molecule has 0 aromatic heterocycles. The summed E-state index contributed by atoms with van der Waals surface area (Å²) >= 11 is 0. The van der Waals surface area contributed by atoms with Crippen LogP contribution in [0.25, 0.3) is 0 Å². The number of hydrogen-bond donors (Lipinski definition) is 0. The molecule has 2 aliphatic rings. The van der Waals surface area contributed by atoms with Crippen LogP contribution < -0.4 is 0 Å². The molecule has 0 aromatic carbocycles. The van der Waals surface area contributed by atoms with Crippen LogP contribution in [0, 0.1) is 11.3 Å². The zero-order valence-corrected chi connectivity index (χ0v) is 14.3. The lowest BCUT2D eigenvalue weighted by atomic mass is 9.66. The lowest BCUT2D eigenvalue weighted by Crippen LogP contribution is -2.49. The molecular weight excluding hydrogens is 282 g/mol. The molecule has 22 heavy (non-hydrogen) atoms. The molecule has 1 aliphatic heterocycles. The quantitative estimate of drug-likeness (QED) is 0.697. The average molecular weight is 311 g/mol. The third kappa shape index (κ3) is 4.14. The zero-order chi connectivity index (χ0) is 16.4. The number of rotatable bonds is 1. The minimum absolute atomic E-state index is 0.0347. The maximum Gasteiger partial charge on any atom is 0.410 e. The van der Waals surface area contributed by atoms with Gasteiger partial charge >= 0.3 is 12.1 Å². The fourth-order valence-electron chi connectivity index (χ4n) is 3.73. The number of methoxy groups -OCH3 is 1. The minimum atomic E-state index is -0.454. The van der Waals surface area contributed by atoms with Gasteiger partial charge in [-0.1, -0.05) is 0 Å². The first-order chi connectivity index (χ1) is 10.2. The standard InChI is InChI=1S/C17H29NO4/c1-16(2,3)22-15(20)18-11-5-8-17(12-18)9-6-13(7-10-17)14(19)21-4/h13H,5-12H2,1-4H3. The maximum atomic E-state index is 12.3. The van der Waals surface area contributed by atoms with E-state index in [0.717, 1.165) is 51.6 Å². The molecule has 126 valence electrons. The van der Waals surface area contributed by atoms with Crippen LogP contribution in [0.1, 0.15) is 59.3 Å². The Morgan fingerprint density at radius 2 is 1.77 bits per heavy atom. The van der Waals surface area contributed by atoms with E-state index in [9.17, 15) is 9.59 Å². The summed E-state index contributed by atoms with van der Waals surface area (Å²) in [5, 5.41) is 0. The van der Waals surface area contributed by atoms with Gasteiger partial charge in [-0.15, -0.1) is 0 Å². The van der Waals surface area contributed by atoms with Gasteiger partial charge in [0.2, 0.25) is 0 Å². The highest BCUT2D eigenvalue weighted by atomic mass is 16.6. The number of carbonyl (C=O) groups is 2. The van der Waals surface area contributed by atoms with Crippen molar-refractivity contribution in [2.24, 2.45) is 11.3 Å². The summed E-state index contributed by atoms with van der Waals surface area (Å²) in [4.78, 5) is 25.8. The summed E-state index contributed by atoms with van der Waals surface area (Å²) in [5.74, 6) is -0.0535. The van der Waals surface area contributed by atoms with Gasteiger partial charge in [-0.3, -0.25) is 4.79 Å². The van der Waals surface area contributed by atoms with Gasteiger partial charge in [-0.2, -0.15) is 0 Å². The summed E-state index contributed by atoms with van der Waals surface area (Å²) in [5.41, 5.74) is -0.288. The number of carbonyl (C=O) groups excluding carboxylic acids is 2. The Hall–Kier alpha value is -1.26. The Kier molecular flexibility index (Phi) is 5.03. The van der Waals surface area contributed by atoms with E-state index in [-0.39, 0.29) is 23.4 Å². The van der Waals surface area contributed by atoms with Crippen molar-refractivity contribution in [3.8, 4) is 0 Å². The van der Waals surface area contributed by atoms with E-state index >= 15 is 0 Å². The monoisotopic (exact) mass is 311 g/mol. The van der Waals surface area contributed by atoms with Gasteiger partial charge in [0.05, 0.1) is 13.0 Å². The van der Waals surface area contributed by atoms with Crippen LogP contribution in [0.2, 0.25) is 0 Å². The largest absolute Gasteiger partial charge is 0.469 e. The first-order valence-electron chi connectivity index (χ1n) is 8.30. The fraction of sp³-hybridized carbons (Fsp3) is 0.882. The molecule has 1 amide bonds. The highest BCUT2D eigenvalue weighted by Gasteiger charge is 2.42. The van der Waals surface area contributed by atoms with Crippen LogP contribution in [-0.2, 0) is 14.3 Å². The molecule has 1 aliphatic carbocycles. The average Bonchev–Trinajstić information content (AvgIpc) is 2.45. The van der Waals surface area contributed by atoms with Crippen molar-refractivity contribution in [1.82, 2.24) is 4.90 Å². The van der Waals surface area contributed by atoms with Gasteiger partial charge in [0, 0.05) is 13.1 Å². The van der Waals surface area contributed by atoms with Crippen LogP contribution in [0.15, 0.2) is 0 Å². The maximum absolute atomic E-state index is 12.3. The SMILES string of the molecule is COC(=O)C1CCC2(CCCN(C(=O)OC(C)(C)C)C2)CC1. The molecule has 0 N–H and O–H groups in total. The minimum Gasteiger partial charge on any atom is -0.469 e. The Morgan fingerprint density at radius 3 is 2.32 bits per heavy atom. The van der Waals surface area contributed by atoms with Crippen LogP contribution in [0.4, 0.5) is 4.79 Å². The lowest BCUT2D eigenvalue weighted by molar-refractivity contribution is -0.147. The Morgan fingerprint density at radius 1 is 1.14 bits per heavy atom. The number of likely N-dealkylation sites (tertiary alicyclic amines) is 1. The van der Waals surface area contributed by atoms with Gasteiger partial charge < -0.3 is 14.4 Å². The van der Waals surface area contributed by atoms with Crippen molar-refractivity contribution >= 4 is 12.1 Å². The summed E-state index contributed by atoms with van der Waals surface area (Å²) < 4.78 is 10.4. The van der Waals surface area contributed by atoms with Crippen molar-refractivity contribution in [3.63, 3.8) is 0 Å². The van der Waals surface area contributed by atoms with E-state index in [1.807, 2.05) is 25.7 Å². The molecule has 5 nitrogen and oxygen atoms in total. The van der Waals surface area contributed by atoms with Gasteiger partial charge in [-0.25, -0.2) is 4.79 Å². The predicted octanol–water partition coefficient (Wildman–Crippen LogP) is 3.37. The van der Waals surface area contributed by atoms with Gasteiger partial charge in [0.1, 0.15) is 5.60 Å². The van der Waals surface area contributed by atoms with Crippen molar-refractivity contribution in [3.05, 3.63) is 0 Å². The predicted molar refractivity (Wildman–Crippen MR) is 83.4 cm³/mol. The molecule has 0 radical (unpaired) electrons. The molecule has 0 atom stereocenters. The topological polar surface area (TPSA) is 55.8 Å². The van der Waals surface area contributed by atoms with Crippen molar-refractivity contribution < 1.29 is 19.1 Å². The van der Waals surface area contributed by atoms with Crippen molar-refractivity contribution in [2.75, 3.05) is 20.2 Å². The second kappa shape index (κ2) is 6.47. The van der Waals surface area contributed by atoms with Gasteiger partial charge in [0.25, 0.3) is 0 Å². The highest BCUT2D eigenvalue weighted by molar-refractivity contribution is 5.72. The summed E-state index contributed by atoms with van der Waals surface area (Å²) in [6.45, 7) is 7.22. The highest BCUT2D eigenvalue weighted by Crippen LogP contribution is 2.45. The first-order valence-corrected chi connectivity index (χ1v) is 8.30. The molecular formula is C17H29NO4. The molecule has 1 saturated heterocycles. The second-order valence-electron chi connectivity index (χ2n) is 7.80. The van der Waals surface area contributed by atoms with Crippen LogP contribution >= 0.6 is 0 Å². The Bertz CT molecular complexity index is 419. The second-order valence-corrected chi connectivity index (χ2v) is 7.80. The first kappa shape index (κ1) is 17.1. The normalized spacial score (nSPS) is 29.3. The molecule has 1 heterocycles. The molecule has 2 rings (SSSR count). The molecule has 2 fully saturated rings. The van der Waals surface area contributed by atoms with Crippen LogP contribution in [-0.4, -0.2) is 42.8 Å². The number of amides is 1. The fourth-order valence-corrected chi connectivity index (χ4v) is 3.73. The lowest BCUT2D eigenvalue weighted by Gasteiger charge is -2.46. The van der Waals surface area contributed by atoms with Crippen molar-refractivity contribution in [2.45, 2.75) is 64.9 Å². The third-order valence-electron chi connectivity index (χ3n) is 4.89. The van der Waals surface area contributed by atoms with E-state index < -0.39 is 5.60 Å². The van der Waals surface area contributed by atoms with E-state index in [4.69, 9.17) is 9.47 Å². The summed E-state index contributed by atoms with van der Waals surface area (Å²) in [7, 11) is 1.46. The number of nitrogens with zero attached hydrogens (tertiary/aromatic N) is 1. The molecule has 0 unspecified atom stereocenters. The van der Waals surface area contributed by atoms with E-state index in [2.05, 4.69) is 0 Å². The molecule has 5 heteroatoms. The smallest absolute Gasteiger partial charge is 0.410 e. The van der Waals surface area contributed by atoms with Crippen LogP contribution in [0.5, 0.6) is 0 Å². The number of piperidine rings is 1. The summed E-state index contributed by atoms with van der Waals surface area (Å²) in [6, 6.07) is 0. The number of hydrogen-bond acceptors (Lipinski definition) is 4. The number of ether oxygens (including phenoxy) is 2. The summed E-state index contributed by atoms with van der Waals surface area (Å²) in [6.07, 6.45) is 5.67. The van der Waals surface area contributed by atoms with E-state index in [0.29, 0.717) is 0 Å². The third-order valence-corrected chi connectivity index (χ3v) is 4.89. The zero-order valence-electron chi connectivity index (χ0n) is 14.3. The molecule has 0 aromatic rings. The molecule has 1 spiro atoms. The Labute approximate surface area is 133 Å². The van der Waals surface area contributed by atoms with E-state index in [1.54, 1.807) is 0 Å². The Balaban J connectivity index is 1.94. The molecule has 1 saturated carbocycles. The van der Waals surface area contributed by atoms with Crippen molar-refractivity contribution in [1.29, 1.82) is 0 Å². The van der Waals surface area contributed by atoms with Gasteiger partial charge in [-0.05, 0) is 64.7 Å². The van der Waals surface area contributed by atoms with E-state index in [1.165, 1.54) is 7.11 Å². The van der Waals surface area contributed by atoms with Gasteiger partial charge in [0.15, 0.2) is 0 Å². The van der Waals surface area contributed by atoms with Crippen LogP contribution in [0.3, 0.4) is 0 Å². The number of esters is 1. The molecule has 0 bridgehead atoms.